The molecule has 0 aliphatic rings. The maximum absolute atomic E-state index is 5.81. The lowest BCUT2D eigenvalue weighted by Gasteiger charge is -2.11. The van der Waals surface area contributed by atoms with Crippen LogP contribution >= 0.6 is 0 Å². The average Bonchev–Trinajstić information content (AvgIpc) is 2.65. The zero-order valence-corrected chi connectivity index (χ0v) is 19.0. The van der Waals surface area contributed by atoms with Crippen molar-refractivity contribution in [1.82, 2.24) is 0 Å². The molecule has 0 aliphatic carbocycles. The molecule has 0 saturated heterocycles. The van der Waals surface area contributed by atoms with E-state index in [0.29, 0.717) is 0 Å². The van der Waals surface area contributed by atoms with Crippen LogP contribution in [-0.4, -0.2) is 0 Å². The topological polar surface area (TPSA) is 9.23 Å². The molecular formula is C26H50O. The number of rotatable bonds is 22. The van der Waals surface area contributed by atoms with Crippen LogP contribution in [0.3, 0.4) is 0 Å². The maximum atomic E-state index is 5.81. The smallest absolute Gasteiger partial charge is 0.0964 e. The van der Waals surface area contributed by atoms with E-state index in [1.807, 2.05) is 0 Å². The van der Waals surface area contributed by atoms with Crippen molar-refractivity contribution < 1.29 is 4.74 Å². The van der Waals surface area contributed by atoms with Crippen LogP contribution in [0, 0.1) is 0 Å². The summed E-state index contributed by atoms with van der Waals surface area (Å²) >= 11 is 0. The molecule has 0 aromatic carbocycles. The predicted molar refractivity (Wildman–Crippen MR) is 123 cm³/mol. The summed E-state index contributed by atoms with van der Waals surface area (Å²) in [5.74, 6) is 1.83. The van der Waals surface area contributed by atoms with E-state index in [9.17, 15) is 0 Å². The van der Waals surface area contributed by atoms with Crippen LogP contribution in [0.15, 0.2) is 24.7 Å². The second-order valence-corrected chi connectivity index (χ2v) is 8.34. The Morgan fingerprint density at radius 2 is 0.704 bits per heavy atom. The number of unbranched alkanes of at least 4 members (excludes halogenated alkanes) is 16. The second-order valence-electron chi connectivity index (χ2n) is 8.34. The van der Waals surface area contributed by atoms with Crippen LogP contribution in [0.25, 0.3) is 0 Å². The molecule has 0 atom stereocenters. The summed E-state index contributed by atoms with van der Waals surface area (Å²) in [4.78, 5) is 0. The summed E-state index contributed by atoms with van der Waals surface area (Å²) in [6.45, 7) is 12.7. The third kappa shape index (κ3) is 21.4. The van der Waals surface area contributed by atoms with Crippen LogP contribution in [0.5, 0.6) is 0 Å². The van der Waals surface area contributed by atoms with Gasteiger partial charge in [-0.15, -0.1) is 0 Å². The van der Waals surface area contributed by atoms with Gasteiger partial charge in [0.2, 0.25) is 0 Å². The van der Waals surface area contributed by atoms with Crippen molar-refractivity contribution in [3.63, 3.8) is 0 Å². The van der Waals surface area contributed by atoms with E-state index in [-0.39, 0.29) is 0 Å². The van der Waals surface area contributed by atoms with Crippen LogP contribution in [0.4, 0.5) is 0 Å². The highest BCUT2D eigenvalue weighted by atomic mass is 16.5. The fourth-order valence-electron chi connectivity index (χ4n) is 3.57. The Hall–Kier alpha value is -0.720. The van der Waals surface area contributed by atoms with Gasteiger partial charge in [-0.3, -0.25) is 0 Å². The first kappa shape index (κ1) is 26.3. The molecule has 1 heteroatoms. The Morgan fingerprint density at radius 3 is 1.00 bits per heavy atom. The molecule has 1 nitrogen and oxygen atoms in total. The molecule has 0 aromatic heterocycles. The molecule has 160 valence electrons. The number of ether oxygens (including phenoxy) is 1. The largest absolute Gasteiger partial charge is 0.467 e. The summed E-state index contributed by atoms with van der Waals surface area (Å²) in [6, 6.07) is 0. The highest BCUT2D eigenvalue weighted by molar-refractivity contribution is 4.93. The third-order valence-electron chi connectivity index (χ3n) is 5.41. The monoisotopic (exact) mass is 378 g/mol. The molecule has 0 bridgehead atoms. The summed E-state index contributed by atoms with van der Waals surface area (Å²) in [5, 5.41) is 0. The highest BCUT2D eigenvalue weighted by Crippen LogP contribution is 2.18. The Morgan fingerprint density at radius 1 is 0.444 bits per heavy atom. The molecule has 0 spiro atoms. The van der Waals surface area contributed by atoms with Gasteiger partial charge < -0.3 is 4.74 Å². The quantitative estimate of drug-likeness (QED) is 0.134. The lowest BCUT2D eigenvalue weighted by atomic mass is 10.1. The molecule has 0 heterocycles. The standard InChI is InChI=1S/C26H50O/c1-5-7-9-11-13-15-17-19-21-23-25(3)27-26(4)24-22-20-18-16-14-12-10-8-6-2/h3-24H2,1-2H3. The first-order valence-corrected chi connectivity index (χ1v) is 12.2. The summed E-state index contributed by atoms with van der Waals surface area (Å²) in [6.07, 6.45) is 26.5. The second kappa shape index (κ2) is 21.6. The van der Waals surface area contributed by atoms with E-state index in [1.165, 1.54) is 116 Å². The minimum Gasteiger partial charge on any atom is -0.467 e. The van der Waals surface area contributed by atoms with Gasteiger partial charge in [-0.05, 0) is 12.8 Å². The zero-order chi connectivity index (χ0) is 20.0. The van der Waals surface area contributed by atoms with Crippen LogP contribution in [-0.2, 0) is 4.74 Å². The fraction of sp³-hybridized carbons (Fsp3) is 0.846. The van der Waals surface area contributed by atoms with Gasteiger partial charge >= 0.3 is 0 Å². The van der Waals surface area contributed by atoms with E-state index in [0.717, 1.165) is 24.4 Å². The minimum atomic E-state index is 0.916. The lowest BCUT2D eigenvalue weighted by molar-refractivity contribution is 0.274. The van der Waals surface area contributed by atoms with Gasteiger partial charge in [0.1, 0.15) is 0 Å². The van der Waals surface area contributed by atoms with E-state index < -0.39 is 0 Å². The zero-order valence-electron chi connectivity index (χ0n) is 19.0. The molecule has 27 heavy (non-hydrogen) atoms. The number of allylic oxidation sites excluding steroid dienone is 2. The van der Waals surface area contributed by atoms with Gasteiger partial charge in [0.05, 0.1) is 11.5 Å². The van der Waals surface area contributed by atoms with Gasteiger partial charge in [0.25, 0.3) is 0 Å². The van der Waals surface area contributed by atoms with Crippen LogP contribution in [0.1, 0.15) is 142 Å². The Balaban J connectivity index is 3.33. The van der Waals surface area contributed by atoms with Crippen molar-refractivity contribution in [2.45, 2.75) is 142 Å². The van der Waals surface area contributed by atoms with E-state index in [1.54, 1.807) is 0 Å². The van der Waals surface area contributed by atoms with E-state index >= 15 is 0 Å². The highest BCUT2D eigenvalue weighted by Gasteiger charge is 2.01. The van der Waals surface area contributed by atoms with Crippen molar-refractivity contribution in [2.24, 2.45) is 0 Å². The van der Waals surface area contributed by atoms with Crippen LogP contribution in [0.2, 0.25) is 0 Å². The molecule has 0 unspecified atom stereocenters. The molecule has 0 aromatic rings. The Kier molecular flexibility index (Phi) is 21.0. The summed E-state index contributed by atoms with van der Waals surface area (Å²) < 4.78 is 5.81. The van der Waals surface area contributed by atoms with Gasteiger partial charge in [0.15, 0.2) is 0 Å². The van der Waals surface area contributed by atoms with Crippen molar-refractivity contribution in [2.75, 3.05) is 0 Å². The molecule has 0 radical (unpaired) electrons. The van der Waals surface area contributed by atoms with Gasteiger partial charge in [-0.2, -0.15) is 0 Å². The molecule has 0 rings (SSSR count). The molecule has 0 saturated carbocycles. The molecule has 0 amide bonds. The van der Waals surface area contributed by atoms with Gasteiger partial charge in [-0.25, -0.2) is 0 Å². The van der Waals surface area contributed by atoms with Crippen molar-refractivity contribution in [3.05, 3.63) is 24.7 Å². The van der Waals surface area contributed by atoms with Gasteiger partial charge in [0, 0.05) is 12.8 Å². The maximum Gasteiger partial charge on any atom is 0.0964 e. The van der Waals surface area contributed by atoms with Crippen molar-refractivity contribution in [1.29, 1.82) is 0 Å². The minimum absolute atomic E-state index is 0.916. The average molecular weight is 379 g/mol. The SMILES string of the molecule is C=C(CCCCCCCCCCC)OC(=C)CCCCCCCCCCC. The Bertz CT molecular complexity index is 299. The predicted octanol–water partition coefficient (Wildman–Crippen LogP) is 9.87. The van der Waals surface area contributed by atoms with Crippen molar-refractivity contribution in [3.8, 4) is 0 Å². The molecule has 0 N–H and O–H groups in total. The Labute approximate surface area is 172 Å². The summed E-state index contributed by atoms with van der Waals surface area (Å²) in [7, 11) is 0. The molecule has 0 fully saturated rings. The van der Waals surface area contributed by atoms with E-state index in [2.05, 4.69) is 27.0 Å². The van der Waals surface area contributed by atoms with E-state index in [4.69, 9.17) is 4.74 Å². The first-order chi connectivity index (χ1) is 13.2. The fourth-order valence-corrected chi connectivity index (χ4v) is 3.57. The number of hydrogen-bond acceptors (Lipinski definition) is 1. The molecular weight excluding hydrogens is 328 g/mol. The normalized spacial score (nSPS) is 10.9. The lowest BCUT2D eigenvalue weighted by Crippen LogP contribution is -1.93. The van der Waals surface area contributed by atoms with Gasteiger partial charge in [-0.1, -0.05) is 130 Å². The van der Waals surface area contributed by atoms with Crippen LogP contribution < -0.4 is 0 Å². The third-order valence-corrected chi connectivity index (χ3v) is 5.41. The number of hydrogen-bond donors (Lipinski definition) is 0. The first-order valence-electron chi connectivity index (χ1n) is 12.2. The summed E-state index contributed by atoms with van der Waals surface area (Å²) in [5.41, 5.74) is 0. The van der Waals surface area contributed by atoms with Crippen molar-refractivity contribution >= 4 is 0 Å². The molecule has 0 aliphatic heterocycles.